The number of carbonyl (C=O) groups excluding carboxylic acids is 1. The van der Waals surface area contributed by atoms with Crippen LogP contribution >= 0.6 is 0 Å². The maximum Gasteiger partial charge on any atom is 0.342 e. The number of benzene rings is 1. The van der Waals surface area contributed by atoms with Crippen LogP contribution < -0.4 is 20.7 Å². The summed E-state index contributed by atoms with van der Waals surface area (Å²) in [6.45, 7) is 5.27. The van der Waals surface area contributed by atoms with E-state index in [4.69, 9.17) is 20.2 Å². The highest BCUT2D eigenvalue weighted by Crippen LogP contribution is 2.36. The molecule has 0 saturated carbocycles. The molecule has 1 aromatic carbocycles. The van der Waals surface area contributed by atoms with E-state index in [1.807, 2.05) is 51.6 Å². The maximum absolute atomic E-state index is 12.9. The molecule has 11 heteroatoms. The first-order valence-electron chi connectivity index (χ1n) is 12.3. The van der Waals surface area contributed by atoms with Gasteiger partial charge in [-0.3, -0.25) is 0 Å². The van der Waals surface area contributed by atoms with E-state index in [9.17, 15) is 4.79 Å². The Balaban J connectivity index is 1.73. The van der Waals surface area contributed by atoms with Crippen molar-refractivity contribution in [3.8, 4) is 17.0 Å². The van der Waals surface area contributed by atoms with E-state index in [1.165, 1.54) is 6.20 Å². The highest BCUT2D eigenvalue weighted by Gasteiger charge is 2.22. The molecule has 3 aromatic heterocycles. The smallest absolute Gasteiger partial charge is 0.342 e. The molecule has 0 unspecified atom stereocenters. The number of nitrogens with one attached hydrogen (secondary N) is 1. The molecule has 0 spiro atoms. The molecule has 0 bridgehead atoms. The normalized spacial score (nSPS) is 11.3. The Labute approximate surface area is 222 Å². The number of nitrogens with two attached hydrogens (primary N) is 1. The number of pyridine rings is 1. The SMILES string of the molecule is COc1cc(N(C)CCN(C)C)c(N)cc1Nc1ncc(C(=O)OC(C)C)c(-c2cnn3ccccc23)n1. The van der Waals surface area contributed by atoms with Crippen LogP contribution in [0.4, 0.5) is 23.0 Å². The predicted molar refractivity (Wildman–Crippen MR) is 149 cm³/mol. The van der Waals surface area contributed by atoms with Crippen molar-refractivity contribution in [1.29, 1.82) is 0 Å². The predicted octanol–water partition coefficient (Wildman–Crippen LogP) is 3.69. The van der Waals surface area contributed by atoms with E-state index >= 15 is 0 Å². The largest absolute Gasteiger partial charge is 0.494 e. The fourth-order valence-corrected chi connectivity index (χ4v) is 3.97. The number of methoxy groups -OCH3 is 1. The third-order valence-electron chi connectivity index (χ3n) is 5.92. The van der Waals surface area contributed by atoms with E-state index in [2.05, 4.69) is 25.2 Å². The van der Waals surface area contributed by atoms with Crippen LogP contribution in [0.2, 0.25) is 0 Å². The first-order chi connectivity index (χ1) is 18.2. The molecule has 3 N–H and O–H groups in total. The molecule has 38 heavy (non-hydrogen) atoms. The van der Waals surface area contributed by atoms with Crippen molar-refractivity contribution in [1.82, 2.24) is 24.5 Å². The number of nitrogen functional groups attached to an aromatic ring is 1. The molecule has 0 aliphatic heterocycles. The number of fused-ring (bicyclic) bond motifs is 1. The highest BCUT2D eigenvalue weighted by molar-refractivity contribution is 5.98. The summed E-state index contributed by atoms with van der Waals surface area (Å²) in [5.74, 6) is 0.335. The quantitative estimate of drug-likeness (QED) is 0.237. The van der Waals surface area contributed by atoms with Gasteiger partial charge in [0.1, 0.15) is 11.3 Å². The van der Waals surface area contributed by atoms with Crippen LogP contribution in [0, 0.1) is 0 Å². The second-order valence-corrected chi connectivity index (χ2v) is 9.46. The fourth-order valence-electron chi connectivity index (χ4n) is 3.97. The molecule has 0 amide bonds. The average molecular weight is 519 g/mol. The van der Waals surface area contributed by atoms with Gasteiger partial charge in [0.15, 0.2) is 0 Å². The summed E-state index contributed by atoms with van der Waals surface area (Å²) in [5.41, 5.74) is 10.6. The van der Waals surface area contributed by atoms with E-state index in [0.29, 0.717) is 28.4 Å². The van der Waals surface area contributed by atoms with Gasteiger partial charge in [-0.1, -0.05) is 6.07 Å². The number of hydrogen-bond donors (Lipinski definition) is 2. The minimum Gasteiger partial charge on any atom is -0.494 e. The lowest BCUT2D eigenvalue weighted by Gasteiger charge is -2.24. The summed E-state index contributed by atoms with van der Waals surface area (Å²) >= 11 is 0. The Bertz CT molecular complexity index is 1430. The van der Waals surface area contributed by atoms with Gasteiger partial charge in [-0.2, -0.15) is 5.10 Å². The van der Waals surface area contributed by atoms with Gasteiger partial charge in [0.05, 0.1) is 47.7 Å². The van der Waals surface area contributed by atoms with Gasteiger partial charge in [0.2, 0.25) is 5.95 Å². The highest BCUT2D eigenvalue weighted by atomic mass is 16.5. The Morgan fingerprint density at radius 2 is 1.95 bits per heavy atom. The number of anilines is 4. The van der Waals surface area contributed by atoms with Gasteiger partial charge < -0.3 is 30.3 Å². The summed E-state index contributed by atoms with van der Waals surface area (Å²) < 4.78 is 12.8. The number of nitrogens with zero attached hydrogens (tertiary/aromatic N) is 6. The minimum absolute atomic E-state index is 0.243. The van der Waals surface area contributed by atoms with Crippen molar-refractivity contribution >= 4 is 34.5 Å². The third kappa shape index (κ3) is 5.78. The van der Waals surface area contributed by atoms with Crippen molar-refractivity contribution in [3.63, 3.8) is 0 Å². The van der Waals surface area contributed by atoms with Crippen molar-refractivity contribution in [2.75, 3.05) is 57.3 Å². The molecule has 0 aliphatic rings. The van der Waals surface area contributed by atoms with E-state index in [-0.39, 0.29) is 17.6 Å². The van der Waals surface area contributed by atoms with Gasteiger partial charge in [0, 0.05) is 44.2 Å². The van der Waals surface area contributed by atoms with E-state index in [1.54, 1.807) is 37.7 Å². The lowest BCUT2D eigenvalue weighted by molar-refractivity contribution is 0.0378. The zero-order valence-electron chi connectivity index (χ0n) is 22.6. The molecule has 4 aromatic rings. The molecule has 0 atom stereocenters. The first-order valence-corrected chi connectivity index (χ1v) is 12.3. The summed E-state index contributed by atoms with van der Waals surface area (Å²) in [7, 11) is 7.64. The van der Waals surface area contributed by atoms with Crippen LogP contribution in [0.3, 0.4) is 0 Å². The molecule has 11 nitrogen and oxygen atoms in total. The number of rotatable bonds is 10. The Morgan fingerprint density at radius 3 is 2.66 bits per heavy atom. The lowest BCUT2D eigenvalue weighted by Crippen LogP contribution is -2.29. The number of ether oxygens (including phenoxy) is 2. The van der Waals surface area contributed by atoms with E-state index in [0.717, 1.165) is 24.3 Å². The molecule has 0 radical (unpaired) electrons. The number of aromatic nitrogens is 4. The number of esters is 1. The molecule has 0 aliphatic carbocycles. The van der Waals surface area contributed by atoms with Gasteiger partial charge in [0.25, 0.3) is 0 Å². The van der Waals surface area contributed by atoms with Crippen LogP contribution in [-0.2, 0) is 4.74 Å². The second kappa shape index (κ2) is 11.3. The number of likely N-dealkylation sites (N-methyl/N-ethyl adjacent to an activating group) is 2. The standard InChI is InChI=1S/C27H34N8O3/c1-17(2)38-26(36)19-15-29-27(32-25(19)18-16-30-35-10-8-7-9-22(18)35)31-21-13-20(28)23(14-24(21)37-6)34(5)12-11-33(3)4/h7-10,13-17H,11-12,28H2,1-6H3,(H,29,31,32). The molecule has 200 valence electrons. The molecule has 4 rings (SSSR count). The molecule has 0 fully saturated rings. The molecular formula is C27H34N8O3. The van der Waals surface area contributed by atoms with Crippen LogP contribution in [0.1, 0.15) is 24.2 Å². The van der Waals surface area contributed by atoms with Gasteiger partial charge in [-0.15, -0.1) is 0 Å². The van der Waals surface area contributed by atoms with Crippen LogP contribution in [0.5, 0.6) is 5.75 Å². The number of hydrogen-bond acceptors (Lipinski definition) is 10. The molecular weight excluding hydrogens is 484 g/mol. The topological polar surface area (TPSA) is 123 Å². The van der Waals surface area contributed by atoms with Crippen molar-refractivity contribution < 1.29 is 14.3 Å². The van der Waals surface area contributed by atoms with Gasteiger partial charge in [-0.25, -0.2) is 19.3 Å². The molecule has 3 heterocycles. The summed E-state index contributed by atoms with van der Waals surface area (Å²) in [6, 6.07) is 9.36. The summed E-state index contributed by atoms with van der Waals surface area (Å²) in [5, 5.41) is 7.61. The second-order valence-electron chi connectivity index (χ2n) is 9.46. The molecule has 0 saturated heterocycles. The summed E-state index contributed by atoms with van der Waals surface area (Å²) in [6.07, 6.45) is 4.67. The van der Waals surface area contributed by atoms with Crippen LogP contribution in [-0.4, -0.2) is 77.9 Å². The van der Waals surface area contributed by atoms with Crippen LogP contribution in [0.25, 0.3) is 16.8 Å². The Hall–Kier alpha value is -4.38. The summed E-state index contributed by atoms with van der Waals surface area (Å²) in [4.78, 5) is 26.2. The monoisotopic (exact) mass is 518 g/mol. The van der Waals surface area contributed by atoms with Crippen molar-refractivity contribution in [2.24, 2.45) is 0 Å². The third-order valence-corrected chi connectivity index (χ3v) is 5.92. The van der Waals surface area contributed by atoms with Crippen molar-refractivity contribution in [2.45, 2.75) is 20.0 Å². The first kappa shape index (κ1) is 26.7. The average Bonchev–Trinajstić information content (AvgIpc) is 3.31. The fraction of sp³-hybridized carbons (Fsp3) is 0.333. The Morgan fingerprint density at radius 1 is 1.16 bits per heavy atom. The lowest BCUT2D eigenvalue weighted by atomic mass is 10.1. The van der Waals surface area contributed by atoms with Crippen LogP contribution in [0.15, 0.2) is 48.9 Å². The number of carbonyl (C=O) groups is 1. The van der Waals surface area contributed by atoms with E-state index < -0.39 is 5.97 Å². The van der Waals surface area contributed by atoms with Gasteiger partial charge >= 0.3 is 5.97 Å². The minimum atomic E-state index is -0.510. The maximum atomic E-state index is 12.9. The Kier molecular flexibility index (Phi) is 7.96. The zero-order valence-corrected chi connectivity index (χ0v) is 22.6. The van der Waals surface area contributed by atoms with Crippen molar-refractivity contribution in [3.05, 3.63) is 54.5 Å². The zero-order chi connectivity index (χ0) is 27.4. The van der Waals surface area contributed by atoms with Gasteiger partial charge in [-0.05, 0) is 46.1 Å².